The van der Waals surface area contributed by atoms with Gasteiger partial charge in [0.05, 0.1) is 37.3 Å². The van der Waals surface area contributed by atoms with Gasteiger partial charge in [0.15, 0.2) is 0 Å². The number of halogens is 1. The summed E-state index contributed by atoms with van der Waals surface area (Å²) >= 11 is 5.86. The Labute approximate surface area is 174 Å². The number of nitrogens with one attached hydrogen (secondary N) is 1. The van der Waals surface area contributed by atoms with Gasteiger partial charge in [0.25, 0.3) is 5.69 Å². The van der Waals surface area contributed by atoms with E-state index in [4.69, 9.17) is 11.6 Å². The minimum Gasteiger partial charge on any atom is -0.328 e. The van der Waals surface area contributed by atoms with Gasteiger partial charge >= 0.3 is 0 Å². The first-order valence-corrected chi connectivity index (χ1v) is 10.0. The lowest BCUT2D eigenvalue weighted by Crippen LogP contribution is -3.13. The second kappa shape index (κ2) is 8.59. The molecule has 1 fully saturated rings. The molecule has 0 aliphatic carbocycles. The molecule has 29 heavy (non-hydrogen) atoms. The van der Waals surface area contributed by atoms with Gasteiger partial charge in [0.2, 0.25) is 0 Å². The van der Waals surface area contributed by atoms with E-state index in [1.54, 1.807) is 12.3 Å². The Balaban J connectivity index is 1.37. The van der Waals surface area contributed by atoms with Crippen LogP contribution in [0.1, 0.15) is 11.1 Å². The van der Waals surface area contributed by atoms with Gasteiger partial charge in [-0.1, -0.05) is 60.1 Å². The zero-order valence-corrected chi connectivity index (χ0v) is 16.7. The molecule has 0 radical (unpaired) electrons. The summed E-state index contributed by atoms with van der Waals surface area (Å²) in [5, 5.41) is 20.3. The van der Waals surface area contributed by atoms with E-state index in [0.717, 1.165) is 32.7 Å². The van der Waals surface area contributed by atoms with Crippen molar-refractivity contribution in [3.05, 3.63) is 86.9 Å². The molecular formula is C22H22ClN4O2+. The van der Waals surface area contributed by atoms with Crippen LogP contribution in [-0.2, 0) is 6.54 Å². The number of rotatable bonds is 5. The van der Waals surface area contributed by atoms with Crippen LogP contribution in [0.25, 0.3) is 10.8 Å². The van der Waals surface area contributed by atoms with Crippen LogP contribution in [0, 0.1) is 10.1 Å². The van der Waals surface area contributed by atoms with E-state index in [0.29, 0.717) is 5.56 Å². The third-order valence-corrected chi connectivity index (χ3v) is 5.62. The average molecular weight is 410 g/mol. The monoisotopic (exact) mass is 409 g/mol. The van der Waals surface area contributed by atoms with Gasteiger partial charge in [0, 0.05) is 17.2 Å². The van der Waals surface area contributed by atoms with Gasteiger partial charge in [0.1, 0.15) is 11.6 Å². The van der Waals surface area contributed by atoms with Gasteiger partial charge in [-0.05, 0) is 16.8 Å². The summed E-state index contributed by atoms with van der Waals surface area (Å²) in [5.41, 5.74) is 1.95. The lowest BCUT2D eigenvalue weighted by Gasteiger charge is -2.30. The summed E-state index contributed by atoms with van der Waals surface area (Å²) in [6, 6.07) is 19.7. The fourth-order valence-corrected chi connectivity index (χ4v) is 3.90. The minimum atomic E-state index is -0.477. The quantitative estimate of drug-likeness (QED) is 0.400. The molecule has 4 rings (SSSR count). The van der Waals surface area contributed by atoms with E-state index in [1.807, 2.05) is 5.01 Å². The van der Waals surface area contributed by atoms with Crippen molar-refractivity contribution in [3.8, 4) is 0 Å². The van der Waals surface area contributed by atoms with Gasteiger partial charge in [-0.2, -0.15) is 5.10 Å². The zero-order valence-electron chi connectivity index (χ0n) is 15.9. The number of hydrogen-bond donors (Lipinski definition) is 1. The van der Waals surface area contributed by atoms with Gasteiger partial charge < -0.3 is 4.90 Å². The number of hydrazone groups is 1. The van der Waals surface area contributed by atoms with Gasteiger partial charge in [-0.3, -0.25) is 15.1 Å². The highest BCUT2D eigenvalue weighted by molar-refractivity contribution is 6.32. The zero-order chi connectivity index (χ0) is 20.2. The van der Waals surface area contributed by atoms with Crippen LogP contribution < -0.4 is 4.90 Å². The van der Waals surface area contributed by atoms with E-state index in [-0.39, 0.29) is 10.7 Å². The summed E-state index contributed by atoms with van der Waals surface area (Å²) in [4.78, 5) is 12.1. The molecule has 1 saturated heterocycles. The molecule has 7 heteroatoms. The number of piperazine rings is 1. The van der Waals surface area contributed by atoms with Crippen molar-refractivity contribution in [3.63, 3.8) is 0 Å². The molecule has 3 aromatic rings. The molecule has 0 aromatic heterocycles. The number of hydrogen-bond acceptors (Lipinski definition) is 4. The maximum Gasteiger partial charge on any atom is 0.288 e. The molecule has 1 aliphatic rings. The molecule has 148 valence electrons. The molecule has 1 aliphatic heterocycles. The molecular weight excluding hydrogens is 388 g/mol. The number of nitro benzene ring substituents is 1. The van der Waals surface area contributed by atoms with Crippen LogP contribution in [0.2, 0.25) is 5.02 Å². The van der Waals surface area contributed by atoms with Crippen molar-refractivity contribution in [1.82, 2.24) is 5.01 Å². The third-order valence-electron chi connectivity index (χ3n) is 5.30. The SMILES string of the molecule is O=[N+]([O-])c1cc(/C=N\N2CC[NH+](Cc3cccc4ccccc34)CC2)ccc1Cl. The maximum atomic E-state index is 11.0. The number of quaternary nitrogens is 1. The fraction of sp³-hybridized carbons (Fsp3) is 0.227. The van der Waals surface area contributed by atoms with Crippen LogP contribution in [0.5, 0.6) is 0 Å². The van der Waals surface area contributed by atoms with E-state index in [1.165, 1.54) is 33.4 Å². The van der Waals surface area contributed by atoms with Gasteiger partial charge in [-0.25, -0.2) is 0 Å². The first kappa shape index (κ1) is 19.4. The number of benzene rings is 3. The second-order valence-electron chi connectivity index (χ2n) is 7.23. The molecule has 0 bridgehead atoms. The molecule has 0 spiro atoms. The number of fused-ring (bicyclic) bond motifs is 1. The maximum absolute atomic E-state index is 11.0. The van der Waals surface area contributed by atoms with Crippen molar-refractivity contribution in [2.75, 3.05) is 26.2 Å². The molecule has 3 aromatic carbocycles. The van der Waals surface area contributed by atoms with Crippen molar-refractivity contribution in [2.24, 2.45) is 5.10 Å². The molecule has 6 nitrogen and oxygen atoms in total. The normalized spacial score (nSPS) is 15.3. The molecule has 0 amide bonds. The Hall–Kier alpha value is -2.96. The number of nitro groups is 1. The molecule has 0 unspecified atom stereocenters. The Morgan fingerprint density at radius 3 is 2.66 bits per heavy atom. The van der Waals surface area contributed by atoms with Crippen LogP contribution in [-0.4, -0.2) is 42.3 Å². The Bertz CT molecular complexity index is 1060. The standard InChI is InChI=1S/C22H21ClN4O2/c23-21-9-8-17(14-22(21)27(28)29)15-24-26-12-10-25(11-13-26)16-19-6-3-5-18-4-1-2-7-20(18)19/h1-9,14-15H,10-13,16H2/p+1/b24-15-. The molecule has 1 N–H and O–H groups in total. The lowest BCUT2D eigenvalue weighted by atomic mass is 10.0. The van der Waals surface area contributed by atoms with Crippen molar-refractivity contribution >= 4 is 34.3 Å². The highest BCUT2D eigenvalue weighted by Gasteiger charge is 2.19. The predicted octanol–water partition coefficient (Wildman–Crippen LogP) is 3.14. The highest BCUT2D eigenvalue weighted by atomic mass is 35.5. The van der Waals surface area contributed by atoms with E-state index in [9.17, 15) is 10.1 Å². The summed E-state index contributed by atoms with van der Waals surface area (Å²) in [7, 11) is 0. The average Bonchev–Trinajstić information content (AvgIpc) is 2.74. The summed E-state index contributed by atoms with van der Waals surface area (Å²) in [5.74, 6) is 0. The fourth-order valence-electron chi connectivity index (χ4n) is 3.72. The lowest BCUT2D eigenvalue weighted by molar-refractivity contribution is -0.918. The second-order valence-corrected chi connectivity index (χ2v) is 7.64. The minimum absolute atomic E-state index is 0.0973. The first-order valence-electron chi connectivity index (χ1n) is 9.63. The Morgan fingerprint density at radius 1 is 1.10 bits per heavy atom. The third kappa shape index (κ3) is 4.55. The smallest absolute Gasteiger partial charge is 0.288 e. The predicted molar refractivity (Wildman–Crippen MR) is 116 cm³/mol. The first-order chi connectivity index (χ1) is 14.1. The largest absolute Gasteiger partial charge is 0.328 e. The molecule has 0 atom stereocenters. The van der Waals surface area contributed by atoms with E-state index < -0.39 is 4.92 Å². The van der Waals surface area contributed by atoms with E-state index >= 15 is 0 Å². The Morgan fingerprint density at radius 2 is 1.86 bits per heavy atom. The van der Waals surface area contributed by atoms with Crippen molar-refractivity contribution in [1.29, 1.82) is 0 Å². The summed E-state index contributed by atoms with van der Waals surface area (Å²) < 4.78 is 0. The van der Waals surface area contributed by atoms with Crippen LogP contribution >= 0.6 is 11.6 Å². The highest BCUT2D eigenvalue weighted by Crippen LogP contribution is 2.24. The Kier molecular flexibility index (Phi) is 5.74. The van der Waals surface area contributed by atoms with Crippen LogP contribution in [0.4, 0.5) is 5.69 Å². The van der Waals surface area contributed by atoms with Crippen molar-refractivity contribution < 1.29 is 9.82 Å². The topological polar surface area (TPSA) is 63.2 Å². The van der Waals surface area contributed by atoms with Crippen molar-refractivity contribution in [2.45, 2.75) is 6.54 Å². The summed E-state index contributed by atoms with van der Waals surface area (Å²) in [6.07, 6.45) is 1.67. The van der Waals surface area contributed by atoms with Crippen LogP contribution in [0.3, 0.4) is 0 Å². The van der Waals surface area contributed by atoms with Gasteiger partial charge in [-0.15, -0.1) is 0 Å². The summed E-state index contributed by atoms with van der Waals surface area (Å²) in [6.45, 7) is 4.71. The number of nitrogens with zero attached hydrogens (tertiary/aromatic N) is 3. The van der Waals surface area contributed by atoms with Crippen LogP contribution in [0.15, 0.2) is 65.8 Å². The molecule has 1 heterocycles. The molecule has 0 saturated carbocycles. The van der Waals surface area contributed by atoms with E-state index in [2.05, 4.69) is 47.6 Å².